The molecule has 0 bridgehead atoms. The number of anilines is 1. The van der Waals surface area contributed by atoms with Gasteiger partial charge in [0.15, 0.2) is 0 Å². The average Bonchev–Trinajstić information content (AvgIpc) is 2.33. The molecule has 1 saturated heterocycles. The number of hydrogen-bond acceptors (Lipinski definition) is 3. The molecule has 0 spiro atoms. The van der Waals surface area contributed by atoms with E-state index in [-0.39, 0.29) is 6.04 Å². The SMILES string of the molecule is Cc1ccc(C)c(S(=O)(=O)N2CCC(C)CC2C)c1N. The number of aryl methyl sites for hydroxylation is 2. The first-order valence-corrected chi connectivity index (χ1v) is 8.56. The highest BCUT2D eigenvalue weighted by Gasteiger charge is 2.35. The average molecular weight is 296 g/mol. The van der Waals surface area contributed by atoms with Crippen LogP contribution in [0.2, 0.25) is 0 Å². The standard InChI is InChI=1S/C15H24N2O2S/c1-10-7-8-17(13(4)9-10)20(18,19)15-12(3)6-5-11(2)14(15)16/h5-6,10,13H,7-9,16H2,1-4H3. The van der Waals surface area contributed by atoms with Crippen molar-refractivity contribution >= 4 is 15.7 Å². The third-order valence-electron chi connectivity index (χ3n) is 4.26. The van der Waals surface area contributed by atoms with Crippen molar-refractivity contribution in [2.45, 2.75) is 51.5 Å². The zero-order valence-electron chi connectivity index (χ0n) is 12.7. The molecule has 1 fully saturated rings. The highest BCUT2D eigenvalue weighted by atomic mass is 32.2. The third kappa shape index (κ3) is 2.56. The molecule has 0 saturated carbocycles. The maximum absolute atomic E-state index is 12.9. The summed E-state index contributed by atoms with van der Waals surface area (Å²) in [5, 5.41) is 0. The maximum atomic E-state index is 12.9. The second-order valence-corrected chi connectivity index (χ2v) is 7.86. The highest BCUT2D eigenvalue weighted by molar-refractivity contribution is 7.89. The van der Waals surface area contributed by atoms with Crippen molar-refractivity contribution in [1.82, 2.24) is 4.31 Å². The van der Waals surface area contributed by atoms with Crippen molar-refractivity contribution in [3.63, 3.8) is 0 Å². The Morgan fingerprint density at radius 1 is 1.20 bits per heavy atom. The van der Waals surface area contributed by atoms with Gasteiger partial charge in [0.25, 0.3) is 0 Å². The molecule has 20 heavy (non-hydrogen) atoms. The number of benzene rings is 1. The van der Waals surface area contributed by atoms with Gasteiger partial charge in [-0.1, -0.05) is 19.1 Å². The zero-order chi connectivity index (χ0) is 15.1. The van der Waals surface area contributed by atoms with Gasteiger partial charge in [0.1, 0.15) is 4.90 Å². The fourth-order valence-electron chi connectivity index (χ4n) is 3.01. The van der Waals surface area contributed by atoms with Crippen LogP contribution in [0.5, 0.6) is 0 Å². The Kier molecular flexibility index (Phi) is 4.12. The molecule has 4 nitrogen and oxygen atoms in total. The predicted molar refractivity (Wildman–Crippen MR) is 82.1 cm³/mol. The van der Waals surface area contributed by atoms with Crippen LogP contribution in [0.1, 0.15) is 37.8 Å². The summed E-state index contributed by atoms with van der Waals surface area (Å²) < 4.78 is 27.5. The molecule has 0 aromatic heterocycles. The normalized spacial score (nSPS) is 24.8. The van der Waals surface area contributed by atoms with E-state index in [0.717, 1.165) is 24.0 Å². The van der Waals surface area contributed by atoms with Crippen molar-refractivity contribution in [2.75, 3.05) is 12.3 Å². The second kappa shape index (κ2) is 5.37. The van der Waals surface area contributed by atoms with Crippen molar-refractivity contribution in [1.29, 1.82) is 0 Å². The molecule has 5 heteroatoms. The molecule has 112 valence electrons. The number of piperidine rings is 1. The lowest BCUT2D eigenvalue weighted by Crippen LogP contribution is -2.44. The van der Waals surface area contributed by atoms with Crippen LogP contribution in [0, 0.1) is 19.8 Å². The minimum absolute atomic E-state index is 0.0306. The van der Waals surface area contributed by atoms with Gasteiger partial charge in [-0.25, -0.2) is 8.42 Å². The largest absolute Gasteiger partial charge is 0.397 e. The predicted octanol–water partition coefficient (Wildman–Crippen LogP) is 2.69. The molecule has 2 N–H and O–H groups in total. The molecule has 1 aromatic rings. The summed E-state index contributed by atoms with van der Waals surface area (Å²) in [6.07, 6.45) is 1.82. The van der Waals surface area contributed by atoms with E-state index in [2.05, 4.69) is 6.92 Å². The number of rotatable bonds is 2. The van der Waals surface area contributed by atoms with Crippen molar-refractivity contribution in [3.05, 3.63) is 23.3 Å². The third-order valence-corrected chi connectivity index (χ3v) is 6.47. The molecular weight excluding hydrogens is 272 g/mol. The number of nitrogen functional groups attached to an aromatic ring is 1. The summed E-state index contributed by atoms with van der Waals surface area (Å²) in [4.78, 5) is 0.291. The molecule has 0 amide bonds. The van der Waals surface area contributed by atoms with E-state index in [4.69, 9.17) is 5.73 Å². The second-order valence-electron chi connectivity index (χ2n) is 6.04. The first kappa shape index (κ1) is 15.3. The van der Waals surface area contributed by atoms with Gasteiger partial charge < -0.3 is 5.73 Å². The lowest BCUT2D eigenvalue weighted by Gasteiger charge is -2.36. The summed E-state index contributed by atoms with van der Waals surface area (Å²) in [7, 11) is -3.51. The van der Waals surface area contributed by atoms with Crippen LogP contribution in [-0.4, -0.2) is 25.3 Å². The molecule has 2 rings (SSSR count). The van der Waals surface area contributed by atoms with E-state index in [1.54, 1.807) is 11.2 Å². The van der Waals surface area contributed by atoms with Crippen molar-refractivity contribution in [2.24, 2.45) is 5.92 Å². The summed E-state index contributed by atoms with van der Waals surface area (Å²) in [5.41, 5.74) is 7.96. The fourth-order valence-corrected chi connectivity index (χ4v) is 5.06. The van der Waals surface area contributed by atoms with E-state index in [0.29, 0.717) is 23.0 Å². The number of nitrogens with zero attached hydrogens (tertiary/aromatic N) is 1. The highest BCUT2D eigenvalue weighted by Crippen LogP contribution is 2.33. The van der Waals surface area contributed by atoms with Crippen LogP contribution in [0.3, 0.4) is 0 Å². The summed E-state index contributed by atoms with van der Waals surface area (Å²) in [6.45, 7) is 8.38. The Morgan fingerprint density at radius 2 is 1.80 bits per heavy atom. The first-order chi connectivity index (χ1) is 9.25. The van der Waals surface area contributed by atoms with Crippen LogP contribution in [0.25, 0.3) is 0 Å². The van der Waals surface area contributed by atoms with E-state index in [9.17, 15) is 8.42 Å². The summed E-state index contributed by atoms with van der Waals surface area (Å²) in [5.74, 6) is 0.576. The van der Waals surface area contributed by atoms with E-state index < -0.39 is 10.0 Å². The number of nitrogens with two attached hydrogens (primary N) is 1. The molecule has 0 radical (unpaired) electrons. The molecule has 1 aliphatic rings. The van der Waals surface area contributed by atoms with E-state index in [1.807, 2.05) is 26.0 Å². The molecule has 2 atom stereocenters. The van der Waals surface area contributed by atoms with Crippen LogP contribution < -0.4 is 5.73 Å². The van der Waals surface area contributed by atoms with Crippen molar-refractivity contribution < 1.29 is 8.42 Å². The Balaban J connectivity index is 2.49. The molecule has 1 aliphatic heterocycles. The Morgan fingerprint density at radius 3 is 2.40 bits per heavy atom. The van der Waals surface area contributed by atoms with Crippen molar-refractivity contribution in [3.8, 4) is 0 Å². The monoisotopic (exact) mass is 296 g/mol. The Hall–Kier alpha value is -1.07. The zero-order valence-corrected chi connectivity index (χ0v) is 13.5. The molecule has 0 aliphatic carbocycles. The van der Waals surface area contributed by atoms with E-state index >= 15 is 0 Å². The first-order valence-electron chi connectivity index (χ1n) is 7.12. The molecule has 1 heterocycles. The van der Waals surface area contributed by atoms with Gasteiger partial charge in [0.2, 0.25) is 10.0 Å². The van der Waals surface area contributed by atoms with Gasteiger partial charge in [-0.3, -0.25) is 0 Å². The maximum Gasteiger partial charge on any atom is 0.245 e. The summed E-state index contributed by atoms with van der Waals surface area (Å²) in [6, 6.07) is 3.73. The Bertz CT molecular complexity index is 611. The topological polar surface area (TPSA) is 63.4 Å². The lowest BCUT2D eigenvalue weighted by molar-refractivity contribution is 0.220. The quantitative estimate of drug-likeness (QED) is 0.853. The van der Waals surface area contributed by atoms with E-state index in [1.165, 1.54) is 0 Å². The molecule has 1 aromatic carbocycles. The van der Waals surface area contributed by atoms with Gasteiger partial charge in [-0.05, 0) is 50.7 Å². The minimum atomic E-state index is -3.51. The number of sulfonamides is 1. The molecule has 2 unspecified atom stereocenters. The number of hydrogen-bond donors (Lipinski definition) is 1. The smallest absolute Gasteiger partial charge is 0.245 e. The van der Waals surface area contributed by atoms with Gasteiger partial charge in [0.05, 0.1) is 5.69 Å². The van der Waals surface area contributed by atoms with Crippen LogP contribution in [0.15, 0.2) is 17.0 Å². The fraction of sp³-hybridized carbons (Fsp3) is 0.600. The van der Waals surface area contributed by atoms with Gasteiger partial charge >= 0.3 is 0 Å². The van der Waals surface area contributed by atoms with Gasteiger partial charge in [-0.2, -0.15) is 4.31 Å². The Labute approximate surface area is 122 Å². The minimum Gasteiger partial charge on any atom is -0.397 e. The van der Waals surface area contributed by atoms with Gasteiger partial charge in [0, 0.05) is 12.6 Å². The van der Waals surface area contributed by atoms with Crippen LogP contribution >= 0.6 is 0 Å². The van der Waals surface area contributed by atoms with Crippen LogP contribution in [0.4, 0.5) is 5.69 Å². The lowest BCUT2D eigenvalue weighted by atomic mass is 9.95. The van der Waals surface area contributed by atoms with Crippen LogP contribution in [-0.2, 0) is 10.0 Å². The van der Waals surface area contributed by atoms with Gasteiger partial charge in [-0.15, -0.1) is 0 Å². The summed E-state index contributed by atoms with van der Waals surface area (Å²) >= 11 is 0. The molecular formula is C15H24N2O2S.